The summed E-state index contributed by atoms with van der Waals surface area (Å²) in [6.45, 7) is 3.59. The molecular formula is C15H14F3N3O2. The SMILES string of the molecule is Cc1nc(C)c2c(n1)OC(Cn1cccc(C(F)(F)F)c1=O)C2. The van der Waals surface area contributed by atoms with E-state index >= 15 is 0 Å². The van der Waals surface area contributed by atoms with Gasteiger partial charge in [0.2, 0.25) is 5.88 Å². The number of nitrogens with zero attached hydrogens (tertiary/aromatic N) is 3. The first kappa shape index (κ1) is 15.5. The molecule has 1 aliphatic rings. The molecule has 0 bridgehead atoms. The van der Waals surface area contributed by atoms with Crippen molar-refractivity contribution in [1.29, 1.82) is 0 Å². The highest BCUT2D eigenvalue weighted by Gasteiger charge is 2.35. The van der Waals surface area contributed by atoms with Gasteiger partial charge in [-0.2, -0.15) is 18.2 Å². The minimum Gasteiger partial charge on any atom is -0.472 e. The summed E-state index contributed by atoms with van der Waals surface area (Å²) < 4.78 is 45.1. The summed E-state index contributed by atoms with van der Waals surface area (Å²) in [6.07, 6.45) is -3.32. The number of fused-ring (bicyclic) bond motifs is 1. The number of pyridine rings is 1. The summed E-state index contributed by atoms with van der Waals surface area (Å²) in [6, 6.07) is 1.99. The lowest BCUT2D eigenvalue weighted by atomic mass is 10.1. The molecule has 0 aliphatic carbocycles. The lowest BCUT2D eigenvalue weighted by molar-refractivity contribution is -0.139. The standard InChI is InChI=1S/C15H14F3N3O2/c1-8-11-6-10(23-13(11)20-9(2)19-8)7-21-5-3-4-12(14(21)22)15(16,17)18/h3-5,10H,6-7H2,1-2H3. The van der Waals surface area contributed by atoms with Gasteiger partial charge < -0.3 is 9.30 Å². The van der Waals surface area contributed by atoms with Crippen LogP contribution in [-0.2, 0) is 19.1 Å². The summed E-state index contributed by atoms with van der Waals surface area (Å²) in [5.74, 6) is 1.01. The van der Waals surface area contributed by atoms with Gasteiger partial charge in [-0.05, 0) is 26.0 Å². The summed E-state index contributed by atoms with van der Waals surface area (Å²) >= 11 is 0. The molecule has 2 aromatic heterocycles. The Bertz CT molecular complexity index is 815. The van der Waals surface area contributed by atoms with Gasteiger partial charge in [0, 0.05) is 23.9 Å². The molecule has 0 saturated heterocycles. The molecular weight excluding hydrogens is 311 g/mol. The lowest BCUT2D eigenvalue weighted by Gasteiger charge is -2.14. The van der Waals surface area contributed by atoms with Crippen LogP contribution in [0.25, 0.3) is 0 Å². The molecule has 3 heterocycles. The summed E-state index contributed by atoms with van der Waals surface area (Å²) in [7, 11) is 0. The second kappa shape index (κ2) is 5.36. The smallest absolute Gasteiger partial charge is 0.421 e. The monoisotopic (exact) mass is 325 g/mol. The fourth-order valence-electron chi connectivity index (χ4n) is 2.68. The average Bonchev–Trinajstić information content (AvgIpc) is 2.82. The van der Waals surface area contributed by atoms with Crippen molar-refractivity contribution in [3.8, 4) is 5.88 Å². The lowest BCUT2D eigenvalue weighted by Crippen LogP contribution is -2.32. The van der Waals surface area contributed by atoms with E-state index in [4.69, 9.17) is 4.74 Å². The molecule has 0 fully saturated rings. The first-order valence-corrected chi connectivity index (χ1v) is 7.03. The fourth-order valence-corrected chi connectivity index (χ4v) is 2.68. The van der Waals surface area contributed by atoms with Crippen molar-refractivity contribution in [2.75, 3.05) is 0 Å². The number of hydrogen-bond acceptors (Lipinski definition) is 4. The van der Waals surface area contributed by atoms with Crippen molar-refractivity contribution in [2.45, 2.75) is 39.1 Å². The fraction of sp³-hybridized carbons (Fsp3) is 0.400. The van der Waals surface area contributed by atoms with E-state index in [2.05, 4.69) is 9.97 Å². The third-order valence-electron chi connectivity index (χ3n) is 3.72. The maximum absolute atomic E-state index is 12.8. The van der Waals surface area contributed by atoms with Crippen LogP contribution < -0.4 is 10.3 Å². The van der Waals surface area contributed by atoms with E-state index in [0.29, 0.717) is 18.1 Å². The van der Waals surface area contributed by atoms with E-state index in [1.807, 2.05) is 6.92 Å². The van der Waals surface area contributed by atoms with Crippen LogP contribution >= 0.6 is 0 Å². The number of halogens is 3. The Balaban J connectivity index is 1.86. The Hall–Kier alpha value is -2.38. The maximum atomic E-state index is 12.8. The quantitative estimate of drug-likeness (QED) is 0.850. The van der Waals surface area contributed by atoms with Crippen LogP contribution in [0.2, 0.25) is 0 Å². The highest BCUT2D eigenvalue weighted by atomic mass is 19.4. The molecule has 23 heavy (non-hydrogen) atoms. The minimum atomic E-state index is -4.67. The zero-order chi connectivity index (χ0) is 16.8. The van der Waals surface area contributed by atoms with Crippen LogP contribution in [0.5, 0.6) is 5.88 Å². The average molecular weight is 325 g/mol. The van der Waals surface area contributed by atoms with E-state index in [-0.39, 0.29) is 6.54 Å². The van der Waals surface area contributed by atoms with Crippen molar-refractivity contribution in [3.63, 3.8) is 0 Å². The Labute approximate surface area is 129 Å². The predicted octanol–water partition coefficient (Wildman–Crippen LogP) is 2.28. The Morgan fingerprint density at radius 2 is 2.09 bits per heavy atom. The summed E-state index contributed by atoms with van der Waals surface area (Å²) in [5.41, 5.74) is -0.632. The zero-order valence-corrected chi connectivity index (χ0v) is 12.5. The van der Waals surface area contributed by atoms with Crippen LogP contribution in [0.3, 0.4) is 0 Å². The largest absolute Gasteiger partial charge is 0.472 e. The molecule has 0 saturated carbocycles. The highest BCUT2D eigenvalue weighted by Crippen LogP contribution is 2.29. The van der Waals surface area contributed by atoms with E-state index < -0.39 is 23.4 Å². The molecule has 0 radical (unpaired) electrons. The molecule has 0 aromatic carbocycles. The first-order chi connectivity index (χ1) is 10.8. The van der Waals surface area contributed by atoms with Gasteiger partial charge in [0.25, 0.3) is 5.56 Å². The third-order valence-corrected chi connectivity index (χ3v) is 3.72. The number of alkyl halides is 3. The van der Waals surface area contributed by atoms with Gasteiger partial charge in [-0.1, -0.05) is 0 Å². The number of rotatable bonds is 2. The molecule has 1 unspecified atom stereocenters. The Morgan fingerprint density at radius 3 is 2.78 bits per heavy atom. The van der Waals surface area contributed by atoms with Crippen LogP contribution in [0, 0.1) is 13.8 Å². The topological polar surface area (TPSA) is 57.0 Å². The first-order valence-electron chi connectivity index (χ1n) is 7.03. The zero-order valence-electron chi connectivity index (χ0n) is 12.5. The van der Waals surface area contributed by atoms with Gasteiger partial charge in [0.15, 0.2) is 0 Å². The molecule has 2 aromatic rings. The van der Waals surface area contributed by atoms with Crippen molar-refractivity contribution >= 4 is 0 Å². The Morgan fingerprint density at radius 1 is 1.35 bits per heavy atom. The molecule has 5 nitrogen and oxygen atoms in total. The van der Waals surface area contributed by atoms with E-state index in [1.165, 1.54) is 12.3 Å². The van der Waals surface area contributed by atoms with Crippen LogP contribution in [-0.4, -0.2) is 20.6 Å². The summed E-state index contributed by atoms with van der Waals surface area (Å²) in [5, 5.41) is 0. The Kier molecular flexibility index (Phi) is 3.62. The third kappa shape index (κ3) is 2.93. The van der Waals surface area contributed by atoms with Gasteiger partial charge in [-0.15, -0.1) is 0 Å². The normalized spacial score (nSPS) is 17.0. The van der Waals surface area contributed by atoms with Crippen molar-refractivity contribution in [3.05, 3.63) is 51.3 Å². The van der Waals surface area contributed by atoms with Gasteiger partial charge in [0.1, 0.15) is 17.5 Å². The molecule has 0 amide bonds. The van der Waals surface area contributed by atoms with Gasteiger partial charge in [-0.3, -0.25) is 4.79 Å². The predicted molar refractivity (Wildman–Crippen MR) is 75.3 cm³/mol. The van der Waals surface area contributed by atoms with Crippen LogP contribution in [0.15, 0.2) is 23.1 Å². The van der Waals surface area contributed by atoms with Gasteiger partial charge in [-0.25, -0.2) is 4.98 Å². The molecule has 8 heteroatoms. The summed E-state index contributed by atoms with van der Waals surface area (Å²) in [4.78, 5) is 20.4. The number of hydrogen-bond donors (Lipinski definition) is 0. The van der Waals surface area contributed by atoms with Gasteiger partial charge in [0.05, 0.1) is 6.54 Å². The van der Waals surface area contributed by atoms with Crippen molar-refractivity contribution in [2.24, 2.45) is 0 Å². The van der Waals surface area contributed by atoms with Crippen molar-refractivity contribution < 1.29 is 17.9 Å². The second-order valence-electron chi connectivity index (χ2n) is 5.46. The maximum Gasteiger partial charge on any atom is 0.421 e. The molecule has 0 N–H and O–H groups in total. The van der Waals surface area contributed by atoms with Crippen LogP contribution in [0.1, 0.15) is 22.6 Å². The molecule has 1 atom stereocenters. The number of ether oxygens (including phenoxy) is 1. The van der Waals surface area contributed by atoms with E-state index in [0.717, 1.165) is 21.9 Å². The molecule has 3 rings (SSSR count). The number of aryl methyl sites for hydroxylation is 2. The van der Waals surface area contributed by atoms with Crippen LogP contribution in [0.4, 0.5) is 13.2 Å². The molecule has 1 aliphatic heterocycles. The minimum absolute atomic E-state index is 0.0254. The highest BCUT2D eigenvalue weighted by molar-refractivity contribution is 5.34. The molecule has 122 valence electrons. The van der Waals surface area contributed by atoms with E-state index in [1.54, 1.807) is 6.92 Å². The molecule has 0 spiro atoms. The van der Waals surface area contributed by atoms with E-state index in [9.17, 15) is 18.0 Å². The second-order valence-corrected chi connectivity index (χ2v) is 5.46. The van der Waals surface area contributed by atoms with Crippen molar-refractivity contribution in [1.82, 2.24) is 14.5 Å². The number of aromatic nitrogens is 3. The van der Waals surface area contributed by atoms with Gasteiger partial charge >= 0.3 is 6.18 Å².